The molecule has 3 aromatic heterocycles. The third-order valence-electron chi connectivity index (χ3n) is 3.53. The molecule has 0 aliphatic heterocycles. The number of nitrogens with zero attached hydrogens (tertiary/aromatic N) is 3. The second kappa shape index (κ2) is 8.24. The van der Waals surface area contributed by atoms with Gasteiger partial charge in [-0.25, -0.2) is 9.78 Å². The lowest BCUT2D eigenvalue weighted by Gasteiger charge is -2.09. The Morgan fingerprint density at radius 1 is 1.33 bits per heavy atom. The number of hydrogen-bond donors (Lipinski definition) is 1. The largest absolute Gasteiger partial charge is 0.452 e. The van der Waals surface area contributed by atoms with Crippen LogP contribution >= 0.6 is 23.2 Å². The fourth-order valence-corrected chi connectivity index (χ4v) is 2.53. The van der Waals surface area contributed by atoms with Crippen molar-refractivity contribution in [1.29, 1.82) is 0 Å². The highest BCUT2D eigenvalue weighted by Gasteiger charge is 2.16. The highest BCUT2D eigenvalue weighted by molar-refractivity contribution is 6.37. The second-order valence-electron chi connectivity index (χ2n) is 5.49. The fraction of sp³-hybridized carbons (Fsp3) is 0.176. The fourth-order valence-electron chi connectivity index (χ4n) is 2.14. The van der Waals surface area contributed by atoms with Gasteiger partial charge >= 0.3 is 5.97 Å². The van der Waals surface area contributed by atoms with Crippen molar-refractivity contribution < 1.29 is 18.7 Å². The van der Waals surface area contributed by atoms with Gasteiger partial charge in [0.1, 0.15) is 5.76 Å². The lowest BCUT2D eigenvalue weighted by molar-refractivity contribution is -0.119. The second-order valence-corrected chi connectivity index (χ2v) is 6.27. The van der Waals surface area contributed by atoms with Crippen LogP contribution in [0.1, 0.15) is 21.9 Å². The molecule has 0 unspecified atom stereocenters. The molecule has 3 heterocycles. The zero-order valence-corrected chi connectivity index (χ0v) is 15.6. The van der Waals surface area contributed by atoms with Crippen molar-refractivity contribution >= 4 is 40.9 Å². The van der Waals surface area contributed by atoms with Gasteiger partial charge in [-0.15, -0.1) is 0 Å². The van der Waals surface area contributed by atoms with Gasteiger partial charge in [-0.05, 0) is 30.7 Å². The molecule has 3 aromatic rings. The summed E-state index contributed by atoms with van der Waals surface area (Å²) >= 11 is 12.0. The van der Waals surface area contributed by atoms with Crippen LogP contribution < -0.4 is 5.32 Å². The molecule has 140 valence electrons. The smallest absolute Gasteiger partial charge is 0.374 e. The monoisotopic (exact) mass is 408 g/mol. The molecule has 10 heteroatoms. The van der Waals surface area contributed by atoms with Crippen LogP contribution in [0.5, 0.6) is 0 Å². The first-order chi connectivity index (χ1) is 12.9. The molecule has 0 saturated heterocycles. The zero-order chi connectivity index (χ0) is 19.4. The first-order valence-corrected chi connectivity index (χ1v) is 8.53. The molecule has 0 atom stereocenters. The number of esters is 1. The average Bonchev–Trinajstić information content (AvgIpc) is 3.33. The maximum Gasteiger partial charge on any atom is 0.374 e. The number of carbonyl (C=O) groups is 2. The summed E-state index contributed by atoms with van der Waals surface area (Å²) in [7, 11) is 0. The number of carbonyl (C=O) groups excluding carboxylic acids is 2. The molecule has 0 aliphatic carbocycles. The summed E-state index contributed by atoms with van der Waals surface area (Å²) in [4.78, 5) is 27.9. The minimum absolute atomic E-state index is 0.0107. The van der Waals surface area contributed by atoms with E-state index in [9.17, 15) is 9.59 Å². The third kappa shape index (κ3) is 4.66. The van der Waals surface area contributed by atoms with Gasteiger partial charge in [0.2, 0.25) is 5.76 Å². The quantitative estimate of drug-likeness (QED) is 0.627. The van der Waals surface area contributed by atoms with Crippen LogP contribution in [0.25, 0.3) is 0 Å². The van der Waals surface area contributed by atoms with E-state index in [2.05, 4.69) is 15.4 Å². The van der Waals surface area contributed by atoms with Gasteiger partial charge in [0.15, 0.2) is 12.4 Å². The van der Waals surface area contributed by atoms with E-state index < -0.39 is 18.5 Å². The van der Waals surface area contributed by atoms with Crippen molar-refractivity contribution in [3.05, 3.63) is 63.9 Å². The van der Waals surface area contributed by atoms with E-state index in [1.54, 1.807) is 36.1 Å². The van der Waals surface area contributed by atoms with Gasteiger partial charge in [-0.3, -0.25) is 9.48 Å². The predicted molar refractivity (Wildman–Crippen MR) is 97.9 cm³/mol. The molecule has 0 aromatic carbocycles. The number of aromatic nitrogens is 3. The van der Waals surface area contributed by atoms with Crippen molar-refractivity contribution in [2.24, 2.45) is 0 Å². The Kier molecular flexibility index (Phi) is 5.78. The summed E-state index contributed by atoms with van der Waals surface area (Å²) < 4.78 is 12.0. The topological polar surface area (TPSA) is 99.2 Å². The summed E-state index contributed by atoms with van der Waals surface area (Å²) in [6, 6.07) is 4.89. The standard InChI is InChI=1S/C17H14Cl2N4O4/c1-10-12(18)7-20-16(15(10)19)22-14(24)9-26-17(25)13-4-3-11(27-13)8-23-6-2-5-21-23/h2-7H,8-9H2,1H3,(H,20,22,24). The Morgan fingerprint density at radius 3 is 2.89 bits per heavy atom. The van der Waals surface area contributed by atoms with Crippen LogP contribution in [0.3, 0.4) is 0 Å². The van der Waals surface area contributed by atoms with Gasteiger partial charge in [0, 0.05) is 18.6 Å². The third-order valence-corrected chi connectivity index (χ3v) is 4.38. The number of amides is 1. The molecule has 0 fully saturated rings. The SMILES string of the molecule is Cc1c(Cl)cnc(NC(=O)COC(=O)c2ccc(Cn3cccn3)o2)c1Cl. The lowest BCUT2D eigenvalue weighted by atomic mass is 10.3. The molecule has 0 saturated carbocycles. The normalized spacial score (nSPS) is 10.6. The van der Waals surface area contributed by atoms with Gasteiger partial charge in [-0.2, -0.15) is 5.10 Å². The van der Waals surface area contributed by atoms with Crippen LogP contribution in [0.15, 0.2) is 41.2 Å². The van der Waals surface area contributed by atoms with Crippen LogP contribution in [0, 0.1) is 6.92 Å². The van der Waals surface area contributed by atoms with Gasteiger partial charge < -0.3 is 14.5 Å². The Bertz CT molecular complexity index is 969. The number of hydrogen-bond acceptors (Lipinski definition) is 6. The maximum absolute atomic E-state index is 12.0. The number of nitrogens with one attached hydrogen (secondary N) is 1. The Labute approximate surface area is 164 Å². The first kappa shape index (κ1) is 18.9. The summed E-state index contributed by atoms with van der Waals surface area (Å²) in [6.07, 6.45) is 4.77. The van der Waals surface area contributed by atoms with Crippen molar-refractivity contribution in [2.45, 2.75) is 13.5 Å². The van der Waals surface area contributed by atoms with Crippen molar-refractivity contribution in [3.8, 4) is 0 Å². The summed E-state index contributed by atoms with van der Waals surface area (Å²) in [6.45, 7) is 1.55. The van der Waals surface area contributed by atoms with Crippen LogP contribution in [-0.4, -0.2) is 33.2 Å². The van der Waals surface area contributed by atoms with Gasteiger partial charge in [-0.1, -0.05) is 23.2 Å². The molecule has 8 nitrogen and oxygen atoms in total. The van der Waals surface area contributed by atoms with Gasteiger partial charge in [0.05, 0.1) is 16.6 Å². The minimum atomic E-state index is -0.761. The van der Waals surface area contributed by atoms with E-state index in [-0.39, 0.29) is 16.6 Å². The molecule has 1 N–H and O–H groups in total. The number of rotatable bonds is 6. The molecule has 0 bridgehead atoms. The predicted octanol–water partition coefficient (Wildman–Crippen LogP) is 3.33. The average molecular weight is 409 g/mol. The summed E-state index contributed by atoms with van der Waals surface area (Å²) in [5.41, 5.74) is 0.584. The highest BCUT2D eigenvalue weighted by Crippen LogP contribution is 2.28. The molecule has 0 radical (unpaired) electrons. The molecule has 0 aliphatic rings. The Balaban J connectivity index is 1.54. The van der Waals surface area contributed by atoms with E-state index in [1.807, 2.05) is 0 Å². The highest BCUT2D eigenvalue weighted by atomic mass is 35.5. The number of ether oxygens (including phenoxy) is 1. The van der Waals surface area contributed by atoms with Crippen molar-refractivity contribution in [3.63, 3.8) is 0 Å². The molecule has 3 rings (SSSR count). The van der Waals surface area contributed by atoms with Crippen LogP contribution in [0.2, 0.25) is 10.0 Å². The molecule has 1 amide bonds. The Morgan fingerprint density at radius 2 is 2.15 bits per heavy atom. The van der Waals surface area contributed by atoms with E-state index in [1.165, 1.54) is 12.3 Å². The number of pyridine rings is 1. The zero-order valence-electron chi connectivity index (χ0n) is 14.1. The first-order valence-electron chi connectivity index (χ1n) is 7.77. The molecular formula is C17H14Cl2N4O4. The van der Waals surface area contributed by atoms with Gasteiger partial charge in [0.25, 0.3) is 5.91 Å². The molecular weight excluding hydrogens is 395 g/mol. The van der Waals surface area contributed by atoms with Crippen molar-refractivity contribution in [1.82, 2.24) is 14.8 Å². The van der Waals surface area contributed by atoms with Crippen LogP contribution in [0.4, 0.5) is 5.82 Å². The summed E-state index contributed by atoms with van der Waals surface area (Å²) in [5.74, 6) is -0.698. The van der Waals surface area contributed by atoms with Crippen molar-refractivity contribution in [2.75, 3.05) is 11.9 Å². The Hall–Kier alpha value is -2.84. The van der Waals surface area contributed by atoms with E-state index in [4.69, 9.17) is 32.4 Å². The van der Waals surface area contributed by atoms with E-state index in [0.717, 1.165) is 0 Å². The van der Waals surface area contributed by atoms with E-state index in [0.29, 0.717) is 22.9 Å². The maximum atomic E-state index is 12.0. The van der Waals surface area contributed by atoms with Crippen LogP contribution in [-0.2, 0) is 16.1 Å². The van der Waals surface area contributed by atoms with E-state index >= 15 is 0 Å². The molecule has 27 heavy (non-hydrogen) atoms. The number of anilines is 1. The lowest BCUT2D eigenvalue weighted by Crippen LogP contribution is -2.21. The molecule has 0 spiro atoms. The summed E-state index contributed by atoms with van der Waals surface area (Å²) in [5, 5.41) is 7.11. The number of furan rings is 1. The minimum Gasteiger partial charge on any atom is -0.452 e. The number of halogens is 2.